The van der Waals surface area contributed by atoms with E-state index in [1.165, 1.54) is 16.6 Å². The molecule has 0 atom stereocenters. The van der Waals surface area contributed by atoms with Crippen LogP contribution in [0.4, 0.5) is 0 Å². The van der Waals surface area contributed by atoms with Gasteiger partial charge in [0.05, 0.1) is 12.1 Å². The number of guanidine groups is 1. The highest BCUT2D eigenvalue weighted by Crippen LogP contribution is 2.14. The minimum absolute atomic E-state index is 0.250. The van der Waals surface area contributed by atoms with Crippen LogP contribution in [0.2, 0.25) is 0 Å². The van der Waals surface area contributed by atoms with Gasteiger partial charge in [-0.25, -0.2) is 0 Å². The lowest BCUT2D eigenvalue weighted by atomic mass is 10.1. The van der Waals surface area contributed by atoms with Gasteiger partial charge in [0, 0.05) is 37.8 Å². The highest BCUT2D eigenvalue weighted by atomic mass is 16.5. The Morgan fingerprint density at radius 1 is 1.26 bits per heavy atom. The fourth-order valence-corrected chi connectivity index (χ4v) is 2.26. The van der Waals surface area contributed by atoms with Gasteiger partial charge in [-0.2, -0.15) is 0 Å². The summed E-state index contributed by atoms with van der Waals surface area (Å²) < 4.78 is 5.41. The number of hydrogen-bond acceptors (Lipinski definition) is 2. The molecule has 0 radical (unpaired) electrons. The monoisotopic (exact) mass is 316 g/mol. The maximum atomic E-state index is 5.41. The van der Waals surface area contributed by atoms with E-state index in [9.17, 15) is 0 Å². The summed E-state index contributed by atoms with van der Waals surface area (Å²) in [5, 5.41) is 7.89. The molecule has 5 heteroatoms. The van der Waals surface area contributed by atoms with E-state index in [-0.39, 0.29) is 5.60 Å². The van der Waals surface area contributed by atoms with Crippen LogP contribution >= 0.6 is 0 Å². The first kappa shape index (κ1) is 17.3. The van der Waals surface area contributed by atoms with Crippen LogP contribution in [0.5, 0.6) is 0 Å². The molecule has 1 aromatic carbocycles. The van der Waals surface area contributed by atoms with Gasteiger partial charge in [0.25, 0.3) is 0 Å². The van der Waals surface area contributed by atoms with Crippen molar-refractivity contribution in [1.82, 2.24) is 15.6 Å². The molecule has 0 fully saturated rings. The number of H-pyrrole nitrogens is 1. The maximum absolute atomic E-state index is 5.41. The SMILES string of the molecule is CCNC(=NCC(C)(C)OC)NCCc1cc2ccccc2[nH]1. The number of benzene rings is 1. The van der Waals surface area contributed by atoms with Gasteiger partial charge in [0.1, 0.15) is 0 Å². The van der Waals surface area contributed by atoms with Crippen molar-refractivity contribution < 1.29 is 4.74 Å². The van der Waals surface area contributed by atoms with E-state index in [1.807, 2.05) is 19.9 Å². The minimum Gasteiger partial charge on any atom is -0.377 e. The van der Waals surface area contributed by atoms with Crippen molar-refractivity contribution in [2.75, 3.05) is 26.7 Å². The fraction of sp³-hybridized carbons (Fsp3) is 0.500. The van der Waals surface area contributed by atoms with Gasteiger partial charge < -0.3 is 20.4 Å². The Morgan fingerprint density at radius 3 is 2.74 bits per heavy atom. The zero-order valence-electron chi connectivity index (χ0n) is 14.6. The third-order valence-corrected chi connectivity index (χ3v) is 3.79. The summed E-state index contributed by atoms with van der Waals surface area (Å²) >= 11 is 0. The number of methoxy groups -OCH3 is 1. The van der Waals surface area contributed by atoms with Crippen molar-refractivity contribution >= 4 is 16.9 Å². The third-order valence-electron chi connectivity index (χ3n) is 3.79. The van der Waals surface area contributed by atoms with Crippen LogP contribution in [0.1, 0.15) is 26.5 Å². The summed E-state index contributed by atoms with van der Waals surface area (Å²) in [6.07, 6.45) is 0.923. The predicted octanol–water partition coefficient (Wildman–Crippen LogP) is 2.69. The number of aliphatic imine (C=N–C) groups is 1. The van der Waals surface area contributed by atoms with Crippen LogP contribution in [0.25, 0.3) is 10.9 Å². The Hall–Kier alpha value is -2.01. The van der Waals surface area contributed by atoms with Crippen LogP contribution in [0, 0.1) is 0 Å². The quantitative estimate of drug-likeness (QED) is 0.544. The first-order valence-electron chi connectivity index (χ1n) is 8.18. The predicted molar refractivity (Wildman–Crippen MR) is 97.1 cm³/mol. The largest absolute Gasteiger partial charge is 0.377 e. The first-order valence-corrected chi connectivity index (χ1v) is 8.18. The summed E-state index contributed by atoms with van der Waals surface area (Å²) in [4.78, 5) is 8.04. The van der Waals surface area contributed by atoms with Crippen LogP contribution in [-0.2, 0) is 11.2 Å². The number of hydrogen-bond donors (Lipinski definition) is 3. The van der Waals surface area contributed by atoms with Gasteiger partial charge in [-0.3, -0.25) is 4.99 Å². The van der Waals surface area contributed by atoms with E-state index in [0.29, 0.717) is 6.54 Å². The van der Waals surface area contributed by atoms with Gasteiger partial charge in [0.15, 0.2) is 5.96 Å². The molecule has 0 saturated heterocycles. The molecule has 0 unspecified atom stereocenters. The van der Waals surface area contributed by atoms with E-state index < -0.39 is 0 Å². The van der Waals surface area contributed by atoms with Gasteiger partial charge in [-0.1, -0.05) is 18.2 Å². The van der Waals surface area contributed by atoms with Crippen molar-refractivity contribution in [3.8, 4) is 0 Å². The lowest BCUT2D eigenvalue weighted by Gasteiger charge is -2.21. The second-order valence-corrected chi connectivity index (χ2v) is 6.22. The van der Waals surface area contributed by atoms with Crippen molar-refractivity contribution in [2.45, 2.75) is 32.8 Å². The average molecular weight is 316 g/mol. The molecule has 0 aliphatic heterocycles. The first-order chi connectivity index (χ1) is 11.0. The molecule has 0 aliphatic rings. The number of nitrogens with one attached hydrogen (secondary N) is 3. The summed E-state index contributed by atoms with van der Waals surface area (Å²) in [5.74, 6) is 0.828. The summed E-state index contributed by atoms with van der Waals surface area (Å²) in [6, 6.07) is 10.5. The highest BCUT2D eigenvalue weighted by Gasteiger charge is 2.15. The Labute approximate surface area is 138 Å². The lowest BCUT2D eigenvalue weighted by Crippen LogP contribution is -2.40. The number of nitrogens with zero attached hydrogens (tertiary/aromatic N) is 1. The molecule has 1 aromatic heterocycles. The Balaban J connectivity index is 1.89. The number of aromatic amines is 1. The third kappa shape index (κ3) is 5.28. The molecule has 0 aliphatic carbocycles. The molecule has 0 spiro atoms. The molecule has 23 heavy (non-hydrogen) atoms. The van der Waals surface area contributed by atoms with Gasteiger partial charge >= 0.3 is 0 Å². The number of aromatic nitrogens is 1. The van der Waals surface area contributed by atoms with Crippen LogP contribution in [0.15, 0.2) is 35.3 Å². The molecule has 5 nitrogen and oxygen atoms in total. The van der Waals surface area contributed by atoms with Crippen LogP contribution in [0.3, 0.4) is 0 Å². The normalized spacial score (nSPS) is 12.6. The van der Waals surface area contributed by atoms with E-state index in [1.54, 1.807) is 7.11 Å². The minimum atomic E-state index is -0.250. The number of para-hydroxylation sites is 1. The maximum Gasteiger partial charge on any atom is 0.191 e. The smallest absolute Gasteiger partial charge is 0.191 e. The van der Waals surface area contributed by atoms with Crippen molar-refractivity contribution in [3.05, 3.63) is 36.0 Å². The number of fused-ring (bicyclic) bond motifs is 1. The van der Waals surface area contributed by atoms with Gasteiger partial charge in [-0.15, -0.1) is 0 Å². The molecule has 126 valence electrons. The molecule has 1 heterocycles. The van der Waals surface area contributed by atoms with Gasteiger partial charge in [-0.05, 0) is 38.3 Å². The fourth-order valence-electron chi connectivity index (χ4n) is 2.26. The molecule has 2 rings (SSSR count). The van der Waals surface area contributed by atoms with Crippen molar-refractivity contribution in [3.63, 3.8) is 0 Å². The van der Waals surface area contributed by atoms with Gasteiger partial charge in [0.2, 0.25) is 0 Å². The summed E-state index contributed by atoms with van der Waals surface area (Å²) in [7, 11) is 1.71. The van der Waals surface area contributed by atoms with E-state index >= 15 is 0 Å². The summed E-state index contributed by atoms with van der Waals surface area (Å²) in [6.45, 7) is 8.41. The molecule has 0 bridgehead atoms. The second kappa shape index (κ2) is 8.02. The topological polar surface area (TPSA) is 61.4 Å². The lowest BCUT2D eigenvalue weighted by molar-refractivity contribution is 0.0310. The molecule has 0 amide bonds. The Morgan fingerprint density at radius 2 is 2.04 bits per heavy atom. The number of rotatable bonds is 7. The summed E-state index contributed by atoms with van der Waals surface area (Å²) in [5.41, 5.74) is 2.16. The molecule has 2 aromatic rings. The van der Waals surface area contributed by atoms with Crippen molar-refractivity contribution in [2.24, 2.45) is 4.99 Å². The molecule has 0 saturated carbocycles. The van der Waals surface area contributed by atoms with E-state index in [0.717, 1.165) is 25.5 Å². The molecular formula is C18H28N4O. The molecular weight excluding hydrogens is 288 g/mol. The Kier molecular flexibility index (Phi) is 6.04. The molecule has 3 N–H and O–H groups in total. The van der Waals surface area contributed by atoms with Crippen molar-refractivity contribution in [1.29, 1.82) is 0 Å². The zero-order valence-corrected chi connectivity index (χ0v) is 14.6. The standard InChI is InChI=1S/C18H28N4O/c1-5-19-17(21-13-18(2,3)23-4)20-11-10-15-12-14-8-6-7-9-16(14)22-15/h6-9,12,22H,5,10-11,13H2,1-4H3,(H2,19,20,21). The second-order valence-electron chi connectivity index (χ2n) is 6.22. The highest BCUT2D eigenvalue weighted by molar-refractivity contribution is 5.81. The zero-order chi connectivity index (χ0) is 16.7. The van der Waals surface area contributed by atoms with E-state index in [4.69, 9.17) is 4.74 Å². The Bertz CT molecular complexity index is 612. The van der Waals surface area contributed by atoms with E-state index in [2.05, 4.69) is 51.8 Å². The van der Waals surface area contributed by atoms with Crippen LogP contribution < -0.4 is 10.6 Å². The number of ether oxygens (including phenoxy) is 1. The average Bonchev–Trinajstić information content (AvgIpc) is 2.95. The van der Waals surface area contributed by atoms with Crippen LogP contribution in [-0.4, -0.2) is 43.3 Å².